The fourth-order valence-electron chi connectivity index (χ4n) is 0.962. The molecule has 1 fully saturated rings. The highest BCUT2D eigenvalue weighted by Crippen LogP contribution is 2.05. The Morgan fingerprint density at radius 3 is 3.10 bits per heavy atom. The maximum absolute atomic E-state index is 10.6. The van der Waals surface area contributed by atoms with Crippen molar-refractivity contribution in [1.82, 2.24) is 5.32 Å². The molecule has 1 aliphatic heterocycles. The third-order valence-corrected chi connectivity index (χ3v) is 1.46. The Morgan fingerprint density at radius 2 is 2.60 bits per heavy atom. The fourth-order valence-corrected chi connectivity index (χ4v) is 0.962. The van der Waals surface area contributed by atoms with Crippen LogP contribution in [0.1, 0.15) is 12.8 Å². The minimum atomic E-state index is 0.0473. The molecule has 0 aromatic carbocycles. The molecule has 0 aliphatic carbocycles. The molecular weight excluding hydrogens is 132 g/mol. The summed E-state index contributed by atoms with van der Waals surface area (Å²) in [6.07, 6.45) is 2.77. The Morgan fingerprint density at radius 1 is 1.80 bits per heavy atom. The van der Waals surface area contributed by atoms with Crippen LogP contribution >= 0.6 is 0 Å². The topological polar surface area (TPSA) is 58.5 Å². The molecule has 1 aliphatic rings. The van der Waals surface area contributed by atoms with Gasteiger partial charge in [-0.1, -0.05) is 0 Å². The molecule has 0 aromatic heterocycles. The zero-order valence-electron chi connectivity index (χ0n) is 5.46. The molecule has 1 saturated heterocycles. The number of nitrogens with one attached hydrogen (secondary N) is 1. The number of aliphatic imine (C=N–C) groups is 1. The second-order valence-corrected chi connectivity index (χ2v) is 2.24. The number of nitrogens with zero attached hydrogens (tertiary/aromatic N) is 1. The van der Waals surface area contributed by atoms with Crippen LogP contribution in [0.5, 0.6) is 0 Å². The minimum absolute atomic E-state index is 0.0473. The third kappa shape index (κ3) is 1.67. The number of hydrogen-bond donors (Lipinski definition) is 1. The van der Waals surface area contributed by atoms with Crippen LogP contribution in [0.4, 0.5) is 0 Å². The first-order valence-corrected chi connectivity index (χ1v) is 3.16. The van der Waals surface area contributed by atoms with Crippen LogP contribution in [0.3, 0.4) is 0 Å². The van der Waals surface area contributed by atoms with Crippen molar-refractivity contribution in [3.8, 4) is 0 Å². The summed E-state index contributed by atoms with van der Waals surface area (Å²) >= 11 is 0. The van der Waals surface area contributed by atoms with Crippen molar-refractivity contribution in [1.29, 1.82) is 0 Å². The van der Waals surface area contributed by atoms with Gasteiger partial charge in [0.2, 0.25) is 12.0 Å². The van der Waals surface area contributed by atoms with Gasteiger partial charge in [0.15, 0.2) is 0 Å². The van der Waals surface area contributed by atoms with Crippen LogP contribution < -0.4 is 5.32 Å². The summed E-state index contributed by atoms with van der Waals surface area (Å²) in [5.41, 5.74) is 0. The maximum Gasteiger partial charge on any atom is 0.235 e. The zero-order chi connectivity index (χ0) is 7.40. The van der Waals surface area contributed by atoms with Crippen molar-refractivity contribution in [2.24, 2.45) is 4.99 Å². The molecule has 10 heavy (non-hydrogen) atoms. The molecular formula is C6H8N2O2. The molecule has 0 spiro atoms. The van der Waals surface area contributed by atoms with E-state index in [0.717, 1.165) is 6.42 Å². The highest BCUT2D eigenvalue weighted by molar-refractivity contribution is 5.78. The number of hydrogen-bond acceptors (Lipinski definition) is 3. The van der Waals surface area contributed by atoms with Gasteiger partial charge >= 0.3 is 0 Å². The van der Waals surface area contributed by atoms with Crippen LogP contribution in [0.15, 0.2) is 4.99 Å². The van der Waals surface area contributed by atoms with Crippen LogP contribution in [0, 0.1) is 0 Å². The molecule has 4 nitrogen and oxygen atoms in total. The molecule has 0 saturated carbocycles. The van der Waals surface area contributed by atoms with Gasteiger partial charge in [-0.05, 0) is 6.42 Å². The summed E-state index contributed by atoms with van der Waals surface area (Å²) in [5.74, 6) is 0.0473. The van der Waals surface area contributed by atoms with Gasteiger partial charge in [0, 0.05) is 12.5 Å². The smallest absolute Gasteiger partial charge is 0.235 e. The lowest BCUT2D eigenvalue weighted by Gasteiger charge is -2.01. The van der Waals surface area contributed by atoms with Crippen LogP contribution in [0.25, 0.3) is 0 Å². The third-order valence-electron chi connectivity index (χ3n) is 1.46. The van der Waals surface area contributed by atoms with E-state index in [9.17, 15) is 9.59 Å². The number of isocyanates is 1. The van der Waals surface area contributed by atoms with Crippen molar-refractivity contribution < 1.29 is 9.59 Å². The maximum atomic E-state index is 10.6. The van der Waals surface area contributed by atoms with E-state index in [1.165, 1.54) is 6.08 Å². The molecule has 0 bridgehead atoms. The first-order chi connectivity index (χ1) is 4.83. The summed E-state index contributed by atoms with van der Waals surface area (Å²) in [7, 11) is 0. The van der Waals surface area contributed by atoms with E-state index in [1.807, 2.05) is 0 Å². The standard InChI is InChI=1S/C6H8N2O2/c9-4-7-3-5-1-2-6(10)8-5/h5H,1-3H2,(H,8,10). The van der Waals surface area contributed by atoms with Crippen molar-refractivity contribution in [2.45, 2.75) is 18.9 Å². The SMILES string of the molecule is O=C=NCC1CCC(=O)N1. The average Bonchev–Trinajstić information content (AvgIpc) is 2.31. The van der Waals surface area contributed by atoms with Crippen molar-refractivity contribution in [2.75, 3.05) is 6.54 Å². The van der Waals surface area contributed by atoms with Gasteiger partial charge in [-0.15, -0.1) is 0 Å². The summed E-state index contributed by atoms with van der Waals surface area (Å²) in [5, 5.41) is 2.68. The predicted molar refractivity (Wildman–Crippen MR) is 34.2 cm³/mol. The van der Waals surface area contributed by atoms with Crippen molar-refractivity contribution in [3.63, 3.8) is 0 Å². The van der Waals surface area contributed by atoms with E-state index in [4.69, 9.17) is 0 Å². The normalized spacial score (nSPS) is 23.6. The first-order valence-electron chi connectivity index (χ1n) is 3.16. The number of carbonyl (C=O) groups is 1. The summed E-state index contributed by atoms with van der Waals surface area (Å²) in [6.45, 7) is 0.370. The molecule has 0 radical (unpaired) electrons. The fraction of sp³-hybridized carbons (Fsp3) is 0.667. The van der Waals surface area contributed by atoms with E-state index >= 15 is 0 Å². The summed E-state index contributed by atoms with van der Waals surface area (Å²) in [6, 6.07) is 0.0638. The molecule has 1 atom stereocenters. The van der Waals surface area contributed by atoms with E-state index < -0.39 is 0 Å². The number of amides is 1. The Balaban J connectivity index is 2.31. The van der Waals surface area contributed by atoms with E-state index in [1.54, 1.807) is 0 Å². The highest BCUT2D eigenvalue weighted by Gasteiger charge is 2.19. The lowest BCUT2D eigenvalue weighted by molar-refractivity contribution is -0.119. The number of rotatable bonds is 2. The van der Waals surface area contributed by atoms with Gasteiger partial charge < -0.3 is 5.32 Å². The van der Waals surface area contributed by atoms with Gasteiger partial charge in [0.1, 0.15) is 0 Å². The Bertz CT molecular complexity index is 184. The highest BCUT2D eigenvalue weighted by atomic mass is 16.2. The summed E-state index contributed by atoms with van der Waals surface area (Å²) < 4.78 is 0. The van der Waals surface area contributed by atoms with Crippen LogP contribution in [0.2, 0.25) is 0 Å². The van der Waals surface area contributed by atoms with Gasteiger partial charge in [-0.25, -0.2) is 9.79 Å². The van der Waals surface area contributed by atoms with Crippen LogP contribution in [-0.2, 0) is 9.59 Å². The number of carbonyl (C=O) groups excluding carboxylic acids is 2. The zero-order valence-corrected chi connectivity index (χ0v) is 5.46. The molecule has 0 aromatic rings. The monoisotopic (exact) mass is 140 g/mol. The molecule has 1 amide bonds. The van der Waals surface area contributed by atoms with Gasteiger partial charge in [-0.3, -0.25) is 4.79 Å². The van der Waals surface area contributed by atoms with E-state index in [0.29, 0.717) is 13.0 Å². The second-order valence-electron chi connectivity index (χ2n) is 2.24. The quantitative estimate of drug-likeness (QED) is 0.419. The Kier molecular flexibility index (Phi) is 2.18. The van der Waals surface area contributed by atoms with Crippen molar-refractivity contribution >= 4 is 12.0 Å². The largest absolute Gasteiger partial charge is 0.351 e. The predicted octanol–water partition coefficient (Wildman–Crippen LogP) is -0.399. The Hall–Kier alpha value is -1.15. The minimum Gasteiger partial charge on any atom is -0.351 e. The van der Waals surface area contributed by atoms with E-state index in [-0.39, 0.29) is 11.9 Å². The van der Waals surface area contributed by atoms with Crippen LogP contribution in [-0.4, -0.2) is 24.6 Å². The molecule has 1 heterocycles. The van der Waals surface area contributed by atoms with Gasteiger partial charge in [0.05, 0.1) is 6.54 Å². The van der Waals surface area contributed by atoms with Gasteiger partial charge in [-0.2, -0.15) is 0 Å². The first kappa shape index (κ1) is 6.96. The lowest BCUT2D eigenvalue weighted by atomic mass is 10.2. The van der Waals surface area contributed by atoms with Crippen molar-refractivity contribution in [3.05, 3.63) is 0 Å². The molecule has 4 heteroatoms. The molecule has 1 N–H and O–H groups in total. The summed E-state index contributed by atoms with van der Waals surface area (Å²) in [4.78, 5) is 23.6. The van der Waals surface area contributed by atoms with Gasteiger partial charge in [0.25, 0.3) is 0 Å². The molecule has 1 unspecified atom stereocenters. The molecule has 1 rings (SSSR count). The average molecular weight is 140 g/mol. The molecule has 54 valence electrons. The lowest BCUT2D eigenvalue weighted by Crippen LogP contribution is -2.27. The van der Waals surface area contributed by atoms with E-state index in [2.05, 4.69) is 10.3 Å². The Labute approximate surface area is 58.3 Å². The second kappa shape index (κ2) is 3.13.